The first-order valence-corrected chi connectivity index (χ1v) is 7.64. The lowest BCUT2D eigenvalue weighted by molar-refractivity contribution is -0.128. The van der Waals surface area contributed by atoms with Crippen molar-refractivity contribution in [3.8, 4) is 5.75 Å². The highest BCUT2D eigenvalue weighted by molar-refractivity contribution is 5.81. The predicted octanol–water partition coefficient (Wildman–Crippen LogP) is 2.75. The molecular formula is C17H25NO3. The third-order valence-electron chi connectivity index (χ3n) is 4.12. The zero-order valence-corrected chi connectivity index (χ0v) is 13.3. The van der Waals surface area contributed by atoms with Crippen LogP contribution in [0.1, 0.15) is 37.8 Å². The first-order chi connectivity index (χ1) is 9.99. The summed E-state index contributed by atoms with van der Waals surface area (Å²) in [5.41, 5.74) is 2.23. The maximum atomic E-state index is 12.2. The normalized spacial score (nSPS) is 20.9. The molecule has 0 spiro atoms. The quantitative estimate of drug-likeness (QED) is 0.907. The van der Waals surface area contributed by atoms with Gasteiger partial charge in [0, 0.05) is 6.61 Å². The Morgan fingerprint density at radius 1 is 1.38 bits per heavy atom. The van der Waals surface area contributed by atoms with Crippen LogP contribution in [-0.4, -0.2) is 30.8 Å². The molecule has 116 valence electrons. The number of hydrogen-bond donors (Lipinski definition) is 1. The van der Waals surface area contributed by atoms with Gasteiger partial charge in [0.25, 0.3) is 5.91 Å². The number of ether oxygens (including phenoxy) is 2. The van der Waals surface area contributed by atoms with E-state index in [1.54, 1.807) is 6.92 Å². The topological polar surface area (TPSA) is 47.6 Å². The molecule has 1 aliphatic heterocycles. The predicted molar refractivity (Wildman–Crippen MR) is 82.6 cm³/mol. The average Bonchev–Trinajstić information content (AvgIpc) is 2.98. The van der Waals surface area contributed by atoms with Crippen LogP contribution in [0.15, 0.2) is 18.2 Å². The summed E-state index contributed by atoms with van der Waals surface area (Å²) in [6.45, 7) is 8.59. The Balaban J connectivity index is 1.91. The summed E-state index contributed by atoms with van der Waals surface area (Å²) in [4.78, 5) is 12.2. The molecule has 4 nitrogen and oxygen atoms in total. The van der Waals surface area contributed by atoms with E-state index in [1.165, 1.54) is 0 Å². The Labute approximate surface area is 126 Å². The second-order valence-electron chi connectivity index (χ2n) is 5.81. The van der Waals surface area contributed by atoms with Crippen LogP contribution in [0.5, 0.6) is 5.75 Å². The van der Waals surface area contributed by atoms with Gasteiger partial charge in [-0.2, -0.15) is 0 Å². The van der Waals surface area contributed by atoms with E-state index < -0.39 is 6.10 Å². The summed E-state index contributed by atoms with van der Waals surface area (Å²) in [6, 6.07) is 5.89. The smallest absolute Gasteiger partial charge is 0.261 e. The van der Waals surface area contributed by atoms with Gasteiger partial charge in [0.15, 0.2) is 6.10 Å². The molecule has 1 amide bonds. The maximum absolute atomic E-state index is 12.2. The van der Waals surface area contributed by atoms with Crippen LogP contribution < -0.4 is 10.1 Å². The molecular weight excluding hydrogens is 266 g/mol. The van der Waals surface area contributed by atoms with Crippen LogP contribution in [0.25, 0.3) is 0 Å². The largest absolute Gasteiger partial charge is 0.481 e. The fraction of sp³-hybridized carbons (Fsp3) is 0.588. The zero-order chi connectivity index (χ0) is 15.4. The number of benzene rings is 1. The molecule has 0 unspecified atom stereocenters. The number of carbonyl (C=O) groups is 1. The number of amides is 1. The molecule has 0 aromatic heterocycles. The third kappa shape index (κ3) is 3.97. The molecule has 2 rings (SSSR count). The van der Waals surface area contributed by atoms with Crippen LogP contribution in [0.3, 0.4) is 0 Å². The minimum absolute atomic E-state index is 0.0182. The standard InChI is InChI=1S/C17H25NO3/c1-11-7-5-8-15(12(11)2)21-14(4)17(19)18-13(3)16-9-6-10-20-16/h5,7-8,13-14,16H,6,9-10H2,1-4H3,(H,18,19)/t13-,14+,16-/m0/s1. The second-order valence-corrected chi connectivity index (χ2v) is 5.81. The molecule has 1 fully saturated rings. The first kappa shape index (κ1) is 15.8. The van der Waals surface area contributed by atoms with Crippen molar-refractivity contribution in [2.24, 2.45) is 0 Å². The number of carbonyl (C=O) groups excluding carboxylic acids is 1. The van der Waals surface area contributed by atoms with Crippen LogP contribution in [-0.2, 0) is 9.53 Å². The Bertz CT molecular complexity index is 495. The van der Waals surface area contributed by atoms with Crippen molar-refractivity contribution >= 4 is 5.91 Å². The molecule has 0 radical (unpaired) electrons. The maximum Gasteiger partial charge on any atom is 0.261 e. The van der Waals surface area contributed by atoms with Crippen LogP contribution in [0.2, 0.25) is 0 Å². The molecule has 21 heavy (non-hydrogen) atoms. The van der Waals surface area contributed by atoms with Crippen LogP contribution in [0.4, 0.5) is 0 Å². The van der Waals surface area contributed by atoms with Gasteiger partial charge in [0.1, 0.15) is 5.75 Å². The van der Waals surface area contributed by atoms with Crippen LogP contribution >= 0.6 is 0 Å². The number of hydrogen-bond acceptors (Lipinski definition) is 3. The SMILES string of the molecule is Cc1cccc(O[C@H](C)C(=O)N[C@@H](C)[C@@H]2CCCO2)c1C. The first-order valence-electron chi connectivity index (χ1n) is 7.64. The summed E-state index contributed by atoms with van der Waals surface area (Å²) < 4.78 is 11.4. The monoisotopic (exact) mass is 291 g/mol. The number of nitrogens with one attached hydrogen (secondary N) is 1. The molecule has 0 saturated carbocycles. The lowest BCUT2D eigenvalue weighted by Gasteiger charge is -2.23. The van der Waals surface area contributed by atoms with Crippen molar-refractivity contribution in [3.05, 3.63) is 29.3 Å². The van der Waals surface area contributed by atoms with Gasteiger partial charge in [-0.3, -0.25) is 4.79 Å². The summed E-state index contributed by atoms with van der Waals surface area (Å²) in [5, 5.41) is 2.99. The molecule has 3 atom stereocenters. The molecule has 0 aliphatic carbocycles. The zero-order valence-electron chi connectivity index (χ0n) is 13.3. The highest BCUT2D eigenvalue weighted by Crippen LogP contribution is 2.22. The highest BCUT2D eigenvalue weighted by Gasteiger charge is 2.26. The van der Waals surface area contributed by atoms with Crippen molar-refractivity contribution in [3.63, 3.8) is 0 Å². The van der Waals surface area contributed by atoms with Gasteiger partial charge in [-0.1, -0.05) is 12.1 Å². The molecule has 1 N–H and O–H groups in total. The van der Waals surface area contributed by atoms with E-state index in [1.807, 2.05) is 39.0 Å². The van der Waals surface area contributed by atoms with E-state index in [-0.39, 0.29) is 18.1 Å². The van der Waals surface area contributed by atoms with Crippen LogP contribution in [0, 0.1) is 13.8 Å². The lowest BCUT2D eigenvalue weighted by Crippen LogP contribution is -2.46. The van der Waals surface area contributed by atoms with Crippen molar-refractivity contribution in [1.29, 1.82) is 0 Å². The number of rotatable bonds is 5. The molecule has 1 aromatic rings. The summed E-state index contributed by atoms with van der Waals surface area (Å²) in [6.07, 6.45) is 1.68. The van der Waals surface area contributed by atoms with Crippen molar-refractivity contribution < 1.29 is 14.3 Å². The van der Waals surface area contributed by atoms with E-state index in [0.717, 1.165) is 36.3 Å². The molecule has 1 heterocycles. The van der Waals surface area contributed by atoms with E-state index in [9.17, 15) is 4.79 Å². The van der Waals surface area contributed by atoms with Gasteiger partial charge in [0.2, 0.25) is 0 Å². The summed E-state index contributed by atoms with van der Waals surface area (Å²) >= 11 is 0. The summed E-state index contributed by atoms with van der Waals surface area (Å²) in [7, 11) is 0. The molecule has 0 bridgehead atoms. The van der Waals surface area contributed by atoms with E-state index in [2.05, 4.69) is 5.32 Å². The third-order valence-corrected chi connectivity index (χ3v) is 4.12. The van der Waals surface area contributed by atoms with Crippen molar-refractivity contribution in [2.75, 3.05) is 6.61 Å². The highest BCUT2D eigenvalue weighted by atomic mass is 16.5. The van der Waals surface area contributed by atoms with E-state index in [0.29, 0.717) is 0 Å². The van der Waals surface area contributed by atoms with Gasteiger partial charge >= 0.3 is 0 Å². The lowest BCUT2D eigenvalue weighted by atomic mass is 10.1. The molecule has 1 aliphatic rings. The van der Waals surface area contributed by atoms with Crippen molar-refractivity contribution in [2.45, 2.75) is 58.8 Å². The minimum atomic E-state index is -0.519. The second kappa shape index (κ2) is 6.94. The van der Waals surface area contributed by atoms with E-state index in [4.69, 9.17) is 9.47 Å². The average molecular weight is 291 g/mol. The fourth-order valence-electron chi connectivity index (χ4n) is 2.53. The Hall–Kier alpha value is -1.55. The van der Waals surface area contributed by atoms with E-state index >= 15 is 0 Å². The van der Waals surface area contributed by atoms with Gasteiger partial charge in [-0.15, -0.1) is 0 Å². The number of aryl methyl sites for hydroxylation is 1. The summed E-state index contributed by atoms with van der Waals surface area (Å²) in [5.74, 6) is 0.668. The minimum Gasteiger partial charge on any atom is -0.481 e. The van der Waals surface area contributed by atoms with Gasteiger partial charge in [-0.25, -0.2) is 0 Å². The Morgan fingerprint density at radius 3 is 2.81 bits per heavy atom. The molecule has 1 saturated heterocycles. The van der Waals surface area contributed by atoms with Crippen molar-refractivity contribution in [1.82, 2.24) is 5.32 Å². The van der Waals surface area contributed by atoms with Gasteiger partial charge < -0.3 is 14.8 Å². The fourth-order valence-corrected chi connectivity index (χ4v) is 2.53. The molecule has 1 aromatic carbocycles. The van der Waals surface area contributed by atoms with Gasteiger partial charge in [-0.05, 0) is 57.7 Å². The molecule has 4 heteroatoms. The Morgan fingerprint density at radius 2 is 2.14 bits per heavy atom. The van der Waals surface area contributed by atoms with Gasteiger partial charge in [0.05, 0.1) is 12.1 Å². The Kier molecular flexibility index (Phi) is 5.23.